The Labute approximate surface area is 103 Å². The fraction of sp³-hybridized carbons (Fsp3) is 0.692. The van der Waals surface area contributed by atoms with Crippen LogP contribution in [0.1, 0.15) is 45.4 Å². The van der Waals surface area contributed by atoms with Crippen LogP contribution in [0.2, 0.25) is 0 Å². The van der Waals surface area contributed by atoms with Crippen LogP contribution in [-0.2, 0) is 19.1 Å². The van der Waals surface area contributed by atoms with Crippen molar-refractivity contribution >= 4 is 11.9 Å². The Balaban J connectivity index is 3.29. The average Bonchev–Trinajstić information content (AvgIpc) is 2.32. The number of esters is 2. The quantitative estimate of drug-likeness (QED) is 0.354. The maximum atomic E-state index is 10.9. The maximum absolute atomic E-state index is 10.9. The van der Waals surface area contributed by atoms with Crippen LogP contribution in [0.25, 0.3) is 0 Å². The Kier molecular flexibility index (Phi) is 10.3. The first-order valence-electron chi connectivity index (χ1n) is 6.10. The van der Waals surface area contributed by atoms with E-state index in [1.54, 1.807) is 6.92 Å². The van der Waals surface area contributed by atoms with Crippen molar-refractivity contribution in [2.45, 2.75) is 45.4 Å². The topological polar surface area (TPSA) is 52.6 Å². The van der Waals surface area contributed by atoms with E-state index in [9.17, 15) is 9.59 Å². The zero-order chi connectivity index (χ0) is 12.9. The van der Waals surface area contributed by atoms with Gasteiger partial charge >= 0.3 is 11.9 Å². The smallest absolute Gasteiger partial charge is 0.330 e. The number of hydrogen-bond donors (Lipinski definition) is 0. The molecule has 0 aliphatic carbocycles. The highest BCUT2D eigenvalue weighted by Crippen LogP contribution is 2.06. The van der Waals surface area contributed by atoms with Gasteiger partial charge in [-0.25, -0.2) is 4.79 Å². The molecule has 0 spiro atoms. The van der Waals surface area contributed by atoms with Crippen molar-refractivity contribution in [1.82, 2.24) is 0 Å². The second-order valence-electron chi connectivity index (χ2n) is 3.68. The van der Waals surface area contributed by atoms with Crippen molar-refractivity contribution in [2.24, 2.45) is 0 Å². The molecule has 0 fully saturated rings. The van der Waals surface area contributed by atoms with E-state index in [1.165, 1.54) is 13.2 Å². The maximum Gasteiger partial charge on any atom is 0.330 e. The lowest BCUT2D eigenvalue weighted by Crippen LogP contribution is -1.99. The lowest BCUT2D eigenvalue weighted by Gasteiger charge is -1.99. The number of unbranched alkanes of at least 4 members (excludes halogenated alkanes) is 4. The highest BCUT2D eigenvalue weighted by Gasteiger charge is 1.98. The molecule has 0 bridgehead atoms. The summed E-state index contributed by atoms with van der Waals surface area (Å²) in [5, 5.41) is 0. The zero-order valence-corrected chi connectivity index (χ0v) is 10.7. The summed E-state index contributed by atoms with van der Waals surface area (Å²) in [6.45, 7) is 2.20. The number of carbonyl (C=O) groups excluding carboxylic acids is 2. The predicted molar refractivity (Wildman–Crippen MR) is 65.5 cm³/mol. The van der Waals surface area contributed by atoms with E-state index in [2.05, 4.69) is 4.74 Å². The first kappa shape index (κ1) is 15.7. The Hall–Kier alpha value is -1.32. The Morgan fingerprint density at radius 2 is 1.82 bits per heavy atom. The van der Waals surface area contributed by atoms with Crippen molar-refractivity contribution in [2.75, 3.05) is 13.7 Å². The molecule has 0 saturated carbocycles. The van der Waals surface area contributed by atoms with Gasteiger partial charge in [0.15, 0.2) is 0 Å². The summed E-state index contributed by atoms with van der Waals surface area (Å²) in [4.78, 5) is 21.7. The number of hydrogen-bond acceptors (Lipinski definition) is 4. The van der Waals surface area contributed by atoms with Crippen molar-refractivity contribution in [3.8, 4) is 0 Å². The molecule has 0 aliphatic rings. The third-order valence-corrected chi connectivity index (χ3v) is 2.27. The van der Waals surface area contributed by atoms with E-state index < -0.39 is 0 Å². The molecule has 0 aromatic heterocycles. The highest BCUT2D eigenvalue weighted by molar-refractivity contribution is 5.81. The Morgan fingerprint density at radius 1 is 1.12 bits per heavy atom. The Morgan fingerprint density at radius 3 is 2.47 bits per heavy atom. The number of ether oxygens (including phenoxy) is 2. The molecule has 4 heteroatoms. The first-order valence-corrected chi connectivity index (χ1v) is 6.10. The monoisotopic (exact) mass is 242 g/mol. The summed E-state index contributed by atoms with van der Waals surface area (Å²) < 4.78 is 9.29. The fourth-order valence-corrected chi connectivity index (χ4v) is 1.36. The van der Waals surface area contributed by atoms with Gasteiger partial charge in [-0.05, 0) is 26.2 Å². The van der Waals surface area contributed by atoms with Crippen molar-refractivity contribution in [3.63, 3.8) is 0 Å². The molecule has 0 rings (SSSR count). The fourth-order valence-electron chi connectivity index (χ4n) is 1.36. The summed E-state index contributed by atoms with van der Waals surface area (Å²) >= 11 is 0. The van der Waals surface area contributed by atoms with Gasteiger partial charge in [0.05, 0.1) is 13.7 Å². The molecule has 0 amide bonds. The van der Waals surface area contributed by atoms with Crippen molar-refractivity contribution in [3.05, 3.63) is 12.2 Å². The minimum absolute atomic E-state index is 0.146. The van der Waals surface area contributed by atoms with Crippen LogP contribution in [0.5, 0.6) is 0 Å². The summed E-state index contributed by atoms with van der Waals surface area (Å²) in [7, 11) is 1.41. The lowest BCUT2D eigenvalue weighted by atomic mass is 10.1. The van der Waals surface area contributed by atoms with Crippen LogP contribution >= 0.6 is 0 Å². The second kappa shape index (κ2) is 11.2. The van der Waals surface area contributed by atoms with Crippen LogP contribution in [0.15, 0.2) is 12.2 Å². The molecular weight excluding hydrogens is 220 g/mol. The Bertz CT molecular complexity index is 246. The van der Waals surface area contributed by atoms with Crippen molar-refractivity contribution in [1.29, 1.82) is 0 Å². The van der Waals surface area contributed by atoms with Gasteiger partial charge in [0, 0.05) is 12.5 Å². The largest absolute Gasteiger partial charge is 0.469 e. The molecule has 0 radical (unpaired) electrons. The molecule has 0 saturated heterocycles. The molecular formula is C13H22O4. The van der Waals surface area contributed by atoms with E-state index in [0.29, 0.717) is 13.0 Å². The van der Waals surface area contributed by atoms with Crippen LogP contribution in [-0.4, -0.2) is 25.7 Å². The number of allylic oxidation sites excluding steroid dienone is 1. The van der Waals surface area contributed by atoms with Crippen LogP contribution in [0.3, 0.4) is 0 Å². The van der Waals surface area contributed by atoms with E-state index in [0.717, 1.165) is 32.1 Å². The highest BCUT2D eigenvalue weighted by atomic mass is 16.5. The van der Waals surface area contributed by atoms with Crippen LogP contribution in [0.4, 0.5) is 0 Å². The molecule has 17 heavy (non-hydrogen) atoms. The van der Waals surface area contributed by atoms with Gasteiger partial charge in [0.2, 0.25) is 0 Å². The molecule has 0 aliphatic heterocycles. The SMILES string of the molecule is CCOC(=O)/C=C/CCCCCCC(=O)OC. The van der Waals surface area contributed by atoms with Gasteiger partial charge in [-0.2, -0.15) is 0 Å². The molecule has 0 aromatic carbocycles. The van der Waals surface area contributed by atoms with E-state index in [1.807, 2.05) is 6.08 Å². The molecule has 4 nitrogen and oxygen atoms in total. The lowest BCUT2D eigenvalue weighted by molar-refractivity contribution is -0.140. The van der Waals surface area contributed by atoms with Crippen molar-refractivity contribution < 1.29 is 19.1 Å². The van der Waals surface area contributed by atoms with Gasteiger partial charge in [-0.3, -0.25) is 4.79 Å². The van der Waals surface area contributed by atoms with Crippen LogP contribution < -0.4 is 0 Å². The first-order chi connectivity index (χ1) is 8.20. The third-order valence-electron chi connectivity index (χ3n) is 2.27. The molecule has 0 aromatic rings. The normalized spacial score (nSPS) is 10.5. The predicted octanol–water partition coefficient (Wildman–Crippen LogP) is 2.62. The molecule has 0 unspecified atom stereocenters. The number of methoxy groups -OCH3 is 1. The molecule has 0 heterocycles. The number of carbonyl (C=O) groups is 2. The third kappa shape index (κ3) is 11.0. The summed E-state index contributed by atoms with van der Waals surface area (Å²) in [6.07, 6.45) is 8.64. The van der Waals surface area contributed by atoms with Gasteiger partial charge in [-0.1, -0.05) is 18.9 Å². The van der Waals surface area contributed by atoms with E-state index >= 15 is 0 Å². The number of rotatable bonds is 9. The minimum atomic E-state index is -0.279. The molecule has 0 atom stereocenters. The van der Waals surface area contributed by atoms with E-state index in [-0.39, 0.29) is 11.9 Å². The zero-order valence-electron chi connectivity index (χ0n) is 10.7. The van der Waals surface area contributed by atoms with E-state index in [4.69, 9.17) is 4.74 Å². The van der Waals surface area contributed by atoms with Gasteiger partial charge < -0.3 is 9.47 Å². The second-order valence-corrected chi connectivity index (χ2v) is 3.68. The van der Waals surface area contributed by atoms with Gasteiger partial charge in [0.25, 0.3) is 0 Å². The standard InChI is InChI=1S/C13H22O4/c1-3-17-13(15)11-9-7-5-4-6-8-10-12(14)16-2/h9,11H,3-8,10H2,1-2H3/b11-9+. The molecule has 0 N–H and O–H groups in total. The minimum Gasteiger partial charge on any atom is -0.469 e. The van der Waals surface area contributed by atoms with Gasteiger partial charge in [0.1, 0.15) is 0 Å². The summed E-state index contributed by atoms with van der Waals surface area (Å²) in [5.74, 6) is -0.426. The molecule has 98 valence electrons. The van der Waals surface area contributed by atoms with Crippen LogP contribution in [0, 0.1) is 0 Å². The average molecular weight is 242 g/mol. The van der Waals surface area contributed by atoms with Gasteiger partial charge in [-0.15, -0.1) is 0 Å². The summed E-state index contributed by atoms with van der Waals surface area (Å²) in [6, 6.07) is 0. The summed E-state index contributed by atoms with van der Waals surface area (Å²) in [5.41, 5.74) is 0.